The molecule has 0 saturated heterocycles. The Labute approximate surface area is 186 Å². The maximum atomic E-state index is 13.3. The topological polar surface area (TPSA) is 58.6 Å². The van der Waals surface area contributed by atoms with E-state index in [1.165, 1.54) is 17.0 Å². The summed E-state index contributed by atoms with van der Waals surface area (Å²) in [5, 5.41) is 3.13. The number of nitrogens with zero attached hydrogens (tertiary/aromatic N) is 1. The van der Waals surface area contributed by atoms with Crippen LogP contribution in [-0.2, 0) is 16.1 Å². The van der Waals surface area contributed by atoms with Gasteiger partial charge in [-0.25, -0.2) is 4.39 Å². The first-order valence-electron chi connectivity index (χ1n) is 10.4. The van der Waals surface area contributed by atoms with E-state index in [9.17, 15) is 14.0 Å². The molecule has 0 bridgehead atoms. The first-order valence-corrected chi connectivity index (χ1v) is 10.4. The van der Waals surface area contributed by atoms with Crippen molar-refractivity contribution in [2.45, 2.75) is 26.5 Å². The van der Waals surface area contributed by atoms with Crippen molar-refractivity contribution in [2.75, 3.05) is 5.32 Å². The zero-order chi connectivity index (χ0) is 22.7. The Bertz CT molecular complexity index is 1150. The van der Waals surface area contributed by atoms with E-state index in [1.54, 1.807) is 36.4 Å². The second-order valence-electron chi connectivity index (χ2n) is 7.75. The van der Waals surface area contributed by atoms with Crippen molar-refractivity contribution in [1.29, 1.82) is 0 Å². The largest absolute Gasteiger partial charge is 0.491 e. The number of carbonyl (C=O) groups excluding carboxylic acids is 2. The van der Waals surface area contributed by atoms with E-state index >= 15 is 0 Å². The first-order chi connectivity index (χ1) is 15.4. The van der Waals surface area contributed by atoms with Crippen LogP contribution in [0.2, 0.25) is 0 Å². The summed E-state index contributed by atoms with van der Waals surface area (Å²) < 4.78 is 18.9. The van der Waals surface area contributed by atoms with Gasteiger partial charge in [0.1, 0.15) is 17.3 Å². The molecule has 0 saturated carbocycles. The van der Waals surface area contributed by atoms with E-state index in [0.29, 0.717) is 22.4 Å². The number of halogens is 1. The molecule has 0 fully saturated rings. The van der Waals surface area contributed by atoms with E-state index in [-0.39, 0.29) is 24.2 Å². The molecule has 3 aromatic carbocycles. The number of amides is 2. The summed E-state index contributed by atoms with van der Waals surface area (Å²) in [6, 6.07) is 22.0. The van der Waals surface area contributed by atoms with E-state index in [2.05, 4.69) is 5.32 Å². The molecule has 0 radical (unpaired) electrons. The molecule has 0 spiro atoms. The summed E-state index contributed by atoms with van der Waals surface area (Å²) in [5.41, 5.74) is 2.49. The van der Waals surface area contributed by atoms with Gasteiger partial charge in [0.15, 0.2) is 0 Å². The lowest BCUT2D eigenvalue weighted by molar-refractivity contribution is -0.137. The third kappa shape index (κ3) is 4.54. The van der Waals surface area contributed by atoms with Gasteiger partial charge in [0.05, 0.1) is 18.2 Å². The number of imide groups is 1. The van der Waals surface area contributed by atoms with Crippen molar-refractivity contribution in [1.82, 2.24) is 4.90 Å². The van der Waals surface area contributed by atoms with Crippen LogP contribution in [0.1, 0.15) is 25.0 Å². The summed E-state index contributed by atoms with van der Waals surface area (Å²) in [6.45, 7) is 3.95. The molecule has 1 heterocycles. The molecule has 1 aliphatic rings. The zero-order valence-electron chi connectivity index (χ0n) is 17.8. The minimum Gasteiger partial charge on any atom is -0.491 e. The molecule has 2 amide bonds. The lowest BCUT2D eigenvalue weighted by atomic mass is 10.0. The average molecular weight is 430 g/mol. The van der Waals surface area contributed by atoms with Crippen LogP contribution in [0.5, 0.6) is 5.75 Å². The molecule has 0 unspecified atom stereocenters. The van der Waals surface area contributed by atoms with Gasteiger partial charge < -0.3 is 10.1 Å². The molecule has 1 aliphatic heterocycles. The monoisotopic (exact) mass is 430 g/mol. The Morgan fingerprint density at radius 2 is 1.53 bits per heavy atom. The minimum absolute atomic E-state index is 0.0512. The maximum absolute atomic E-state index is 13.3. The van der Waals surface area contributed by atoms with Crippen LogP contribution in [0.15, 0.2) is 84.6 Å². The van der Waals surface area contributed by atoms with E-state index in [1.807, 2.05) is 44.2 Å². The predicted molar refractivity (Wildman–Crippen MR) is 121 cm³/mol. The standard InChI is InChI=1S/C26H23FN2O3/c1-17(2)32-22-14-12-21(13-15-22)28-24-23(19-6-4-3-5-7-19)25(30)29(26(24)31)16-18-8-10-20(27)11-9-18/h3-15,17,28H,16H2,1-2H3. The van der Waals surface area contributed by atoms with Gasteiger partial charge in [-0.1, -0.05) is 42.5 Å². The Hall–Kier alpha value is -3.93. The third-order valence-corrected chi connectivity index (χ3v) is 4.98. The van der Waals surface area contributed by atoms with Crippen LogP contribution >= 0.6 is 0 Å². The van der Waals surface area contributed by atoms with Gasteiger partial charge in [-0.3, -0.25) is 14.5 Å². The van der Waals surface area contributed by atoms with Crippen molar-refractivity contribution < 1.29 is 18.7 Å². The van der Waals surface area contributed by atoms with E-state index < -0.39 is 11.8 Å². The van der Waals surface area contributed by atoms with Gasteiger partial charge in [0, 0.05) is 5.69 Å². The molecule has 3 aromatic rings. The van der Waals surface area contributed by atoms with Crippen LogP contribution in [0.4, 0.5) is 10.1 Å². The quantitative estimate of drug-likeness (QED) is 0.536. The molecule has 6 heteroatoms. The summed E-state index contributed by atoms with van der Waals surface area (Å²) >= 11 is 0. The fraction of sp³-hybridized carbons (Fsp3) is 0.154. The Balaban J connectivity index is 1.65. The lowest BCUT2D eigenvalue weighted by Gasteiger charge is -2.15. The Morgan fingerprint density at radius 1 is 0.875 bits per heavy atom. The fourth-order valence-electron chi connectivity index (χ4n) is 3.51. The van der Waals surface area contributed by atoms with Crippen molar-refractivity contribution in [3.05, 3.63) is 102 Å². The highest BCUT2D eigenvalue weighted by Crippen LogP contribution is 2.32. The molecular formula is C26H23FN2O3. The SMILES string of the molecule is CC(C)Oc1ccc(NC2=C(c3ccccc3)C(=O)N(Cc3ccc(F)cc3)C2=O)cc1. The molecule has 4 rings (SSSR count). The average Bonchev–Trinajstić information content (AvgIpc) is 3.01. The Kier molecular flexibility index (Phi) is 6.03. The molecular weight excluding hydrogens is 407 g/mol. The van der Waals surface area contributed by atoms with Gasteiger partial charge in [-0.15, -0.1) is 0 Å². The van der Waals surface area contributed by atoms with Crippen LogP contribution in [0, 0.1) is 5.82 Å². The number of nitrogens with one attached hydrogen (secondary N) is 1. The van der Waals surface area contributed by atoms with Gasteiger partial charge in [-0.05, 0) is 61.4 Å². The van der Waals surface area contributed by atoms with E-state index in [0.717, 1.165) is 5.75 Å². The smallest absolute Gasteiger partial charge is 0.278 e. The molecule has 0 aromatic heterocycles. The normalized spacial score (nSPS) is 13.8. The summed E-state index contributed by atoms with van der Waals surface area (Å²) in [6.07, 6.45) is 0.0512. The van der Waals surface area contributed by atoms with Crippen LogP contribution in [-0.4, -0.2) is 22.8 Å². The van der Waals surface area contributed by atoms with Gasteiger partial charge in [0.25, 0.3) is 11.8 Å². The van der Waals surface area contributed by atoms with Crippen LogP contribution in [0.25, 0.3) is 5.57 Å². The number of benzene rings is 3. The maximum Gasteiger partial charge on any atom is 0.278 e. The second-order valence-corrected chi connectivity index (χ2v) is 7.75. The highest BCUT2D eigenvalue weighted by molar-refractivity contribution is 6.36. The van der Waals surface area contributed by atoms with E-state index in [4.69, 9.17) is 4.74 Å². The molecule has 32 heavy (non-hydrogen) atoms. The minimum atomic E-state index is -0.430. The van der Waals surface area contributed by atoms with Gasteiger partial charge >= 0.3 is 0 Å². The highest BCUT2D eigenvalue weighted by Gasteiger charge is 2.39. The summed E-state index contributed by atoms with van der Waals surface area (Å²) in [4.78, 5) is 27.7. The predicted octanol–water partition coefficient (Wildman–Crippen LogP) is 5.01. The number of ether oxygens (including phenoxy) is 1. The molecule has 5 nitrogen and oxygen atoms in total. The molecule has 1 N–H and O–H groups in total. The zero-order valence-corrected chi connectivity index (χ0v) is 17.8. The van der Waals surface area contributed by atoms with Crippen molar-refractivity contribution in [3.63, 3.8) is 0 Å². The molecule has 162 valence electrons. The third-order valence-electron chi connectivity index (χ3n) is 4.98. The fourth-order valence-corrected chi connectivity index (χ4v) is 3.51. The van der Waals surface area contributed by atoms with Gasteiger partial charge in [-0.2, -0.15) is 0 Å². The lowest BCUT2D eigenvalue weighted by Crippen LogP contribution is -2.32. The number of anilines is 1. The number of hydrogen-bond donors (Lipinski definition) is 1. The number of carbonyl (C=O) groups is 2. The first kappa shape index (κ1) is 21.3. The summed E-state index contributed by atoms with van der Waals surface area (Å²) in [7, 11) is 0. The number of rotatable bonds is 7. The van der Waals surface area contributed by atoms with Crippen molar-refractivity contribution in [2.24, 2.45) is 0 Å². The van der Waals surface area contributed by atoms with Crippen molar-refractivity contribution >= 4 is 23.1 Å². The highest BCUT2D eigenvalue weighted by atomic mass is 19.1. The second kappa shape index (κ2) is 9.06. The van der Waals surface area contributed by atoms with Crippen molar-refractivity contribution in [3.8, 4) is 5.75 Å². The summed E-state index contributed by atoms with van der Waals surface area (Å²) in [5.74, 6) is -0.480. The van der Waals surface area contributed by atoms with Gasteiger partial charge in [0.2, 0.25) is 0 Å². The Morgan fingerprint density at radius 3 is 2.16 bits per heavy atom. The molecule has 0 aliphatic carbocycles. The number of hydrogen-bond acceptors (Lipinski definition) is 4. The molecule has 0 atom stereocenters. The van der Waals surface area contributed by atoms with Crippen LogP contribution < -0.4 is 10.1 Å². The van der Waals surface area contributed by atoms with Crippen LogP contribution in [0.3, 0.4) is 0 Å².